The van der Waals surface area contributed by atoms with Gasteiger partial charge >= 0.3 is 0 Å². The van der Waals surface area contributed by atoms with E-state index in [2.05, 4.69) is 52.4 Å². The van der Waals surface area contributed by atoms with Crippen molar-refractivity contribution in [2.45, 2.75) is 51.6 Å². The number of hydrogen-bond acceptors (Lipinski definition) is 3. The molecule has 0 aromatic heterocycles. The Kier molecular flexibility index (Phi) is 7.09. The first-order valence-electron chi connectivity index (χ1n) is 10.4. The fraction of sp³-hybridized carbons (Fsp3) is 0.682. The first-order chi connectivity index (χ1) is 12.6. The monoisotopic (exact) mass is 357 g/mol. The van der Waals surface area contributed by atoms with Crippen molar-refractivity contribution in [2.75, 3.05) is 33.2 Å². The lowest BCUT2D eigenvalue weighted by molar-refractivity contribution is -0.134. The highest BCUT2D eigenvalue weighted by atomic mass is 16.2. The minimum absolute atomic E-state index is 0.336. The average molecular weight is 358 g/mol. The van der Waals surface area contributed by atoms with Gasteiger partial charge in [0.15, 0.2) is 0 Å². The molecule has 0 saturated carbocycles. The molecule has 1 aromatic carbocycles. The summed E-state index contributed by atoms with van der Waals surface area (Å²) in [7, 11) is 2.02. The molecule has 26 heavy (non-hydrogen) atoms. The van der Waals surface area contributed by atoms with Gasteiger partial charge in [-0.3, -0.25) is 9.69 Å². The summed E-state index contributed by atoms with van der Waals surface area (Å²) in [5.41, 5.74) is 1.36. The summed E-state index contributed by atoms with van der Waals surface area (Å²) in [6, 6.07) is 11.0. The fourth-order valence-corrected chi connectivity index (χ4v) is 4.54. The number of carbonyl (C=O) groups excluding carboxylic acids is 1. The van der Waals surface area contributed by atoms with E-state index in [4.69, 9.17) is 0 Å². The lowest BCUT2D eigenvalue weighted by Crippen LogP contribution is -2.48. The number of piperidine rings is 2. The van der Waals surface area contributed by atoms with Crippen molar-refractivity contribution in [1.82, 2.24) is 15.1 Å². The quantitative estimate of drug-likeness (QED) is 0.850. The number of nitrogens with zero attached hydrogens (tertiary/aromatic N) is 2. The minimum atomic E-state index is 0.336. The summed E-state index contributed by atoms with van der Waals surface area (Å²) < 4.78 is 0. The zero-order valence-corrected chi connectivity index (χ0v) is 16.5. The Hall–Kier alpha value is -1.39. The molecule has 3 rings (SSSR count). The molecule has 2 atom stereocenters. The predicted octanol–water partition coefficient (Wildman–Crippen LogP) is 3.14. The van der Waals surface area contributed by atoms with E-state index < -0.39 is 0 Å². The van der Waals surface area contributed by atoms with Crippen LogP contribution in [-0.4, -0.2) is 55.0 Å². The molecule has 2 fully saturated rings. The molecule has 2 unspecified atom stereocenters. The van der Waals surface area contributed by atoms with E-state index in [1.165, 1.54) is 24.8 Å². The Morgan fingerprint density at radius 1 is 1.23 bits per heavy atom. The van der Waals surface area contributed by atoms with Crippen LogP contribution in [0.1, 0.15) is 44.6 Å². The molecular weight excluding hydrogens is 322 g/mol. The number of amides is 1. The Labute approximate surface area is 158 Å². The summed E-state index contributed by atoms with van der Waals surface area (Å²) in [6.45, 7) is 7.61. The summed E-state index contributed by atoms with van der Waals surface area (Å²) >= 11 is 0. The van der Waals surface area contributed by atoms with E-state index in [-0.39, 0.29) is 0 Å². The van der Waals surface area contributed by atoms with Crippen LogP contribution in [0.3, 0.4) is 0 Å². The van der Waals surface area contributed by atoms with Crippen LogP contribution in [0.4, 0.5) is 0 Å². The summed E-state index contributed by atoms with van der Waals surface area (Å²) in [4.78, 5) is 17.4. The molecule has 4 nitrogen and oxygen atoms in total. The van der Waals surface area contributed by atoms with Gasteiger partial charge in [-0.05, 0) is 62.7 Å². The first kappa shape index (κ1) is 19.4. The van der Waals surface area contributed by atoms with Gasteiger partial charge in [0, 0.05) is 32.6 Å². The van der Waals surface area contributed by atoms with E-state index in [1.54, 1.807) is 0 Å². The van der Waals surface area contributed by atoms with E-state index in [0.717, 1.165) is 39.1 Å². The zero-order chi connectivity index (χ0) is 18.4. The molecule has 2 aliphatic heterocycles. The van der Waals surface area contributed by atoms with Crippen LogP contribution in [0.25, 0.3) is 0 Å². The van der Waals surface area contributed by atoms with Gasteiger partial charge in [0.05, 0.1) is 0 Å². The third kappa shape index (κ3) is 5.31. The number of rotatable bonds is 6. The van der Waals surface area contributed by atoms with Gasteiger partial charge in [0.1, 0.15) is 0 Å². The predicted molar refractivity (Wildman–Crippen MR) is 107 cm³/mol. The molecule has 1 amide bonds. The molecule has 0 bridgehead atoms. The highest BCUT2D eigenvalue weighted by Gasteiger charge is 2.28. The summed E-state index contributed by atoms with van der Waals surface area (Å²) in [5, 5.41) is 3.42. The van der Waals surface area contributed by atoms with E-state index in [0.29, 0.717) is 30.2 Å². The average Bonchev–Trinajstić information content (AvgIpc) is 2.69. The maximum atomic E-state index is 12.9. The van der Waals surface area contributed by atoms with Crippen LogP contribution in [-0.2, 0) is 11.3 Å². The van der Waals surface area contributed by atoms with E-state index in [1.807, 2.05) is 7.05 Å². The van der Waals surface area contributed by atoms with Crippen molar-refractivity contribution in [2.24, 2.45) is 11.8 Å². The van der Waals surface area contributed by atoms with Crippen LogP contribution in [0.5, 0.6) is 0 Å². The number of hydrogen-bond donors (Lipinski definition) is 1. The molecule has 144 valence electrons. The normalized spacial score (nSPS) is 23.5. The second-order valence-corrected chi connectivity index (χ2v) is 8.29. The number of carbonyl (C=O) groups is 1. The third-order valence-electron chi connectivity index (χ3n) is 6.36. The number of likely N-dealkylation sites (N-methyl/N-ethyl adjacent to an activating group) is 1. The van der Waals surface area contributed by atoms with Crippen molar-refractivity contribution in [3.05, 3.63) is 35.9 Å². The van der Waals surface area contributed by atoms with Gasteiger partial charge in [0.2, 0.25) is 5.91 Å². The minimum Gasteiger partial charge on any atom is -0.341 e. The van der Waals surface area contributed by atoms with Gasteiger partial charge in [-0.1, -0.05) is 37.3 Å². The Balaban J connectivity index is 1.49. The highest BCUT2D eigenvalue weighted by Crippen LogP contribution is 2.26. The summed E-state index contributed by atoms with van der Waals surface area (Å²) in [6.07, 6.45) is 5.45. The fourth-order valence-electron chi connectivity index (χ4n) is 4.54. The molecule has 0 radical (unpaired) electrons. The van der Waals surface area contributed by atoms with Gasteiger partial charge in [-0.25, -0.2) is 0 Å². The van der Waals surface area contributed by atoms with Crippen LogP contribution >= 0.6 is 0 Å². The molecule has 1 aromatic rings. The molecule has 0 aliphatic carbocycles. The topological polar surface area (TPSA) is 35.6 Å². The van der Waals surface area contributed by atoms with Crippen molar-refractivity contribution < 1.29 is 4.79 Å². The SMILES string of the molecule is CC(CC(=O)N(C)C1CCCN(Cc2ccccc2)C1)C1CCNCC1. The molecule has 1 N–H and O–H groups in total. The molecule has 0 spiro atoms. The standard InChI is InChI=1S/C22H35N3O/c1-18(20-10-12-23-13-11-20)15-22(26)24(2)21-9-6-14-25(17-21)16-19-7-4-3-5-8-19/h3-5,7-8,18,20-21,23H,6,9-17H2,1-2H3. The Morgan fingerprint density at radius 2 is 1.96 bits per heavy atom. The molecule has 2 aliphatic rings. The largest absolute Gasteiger partial charge is 0.341 e. The number of nitrogens with one attached hydrogen (secondary N) is 1. The van der Waals surface area contributed by atoms with Crippen molar-refractivity contribution in [3.8, 4) is 0 Å². The maximum absolute atomic E-state index is 12.9. The first-order valence-corrected chi connectivity index (χ1v) is 10.4. The zero-order valence-electron chi connectivity index (χ0n) is 16.5. The van der Waals surface area contributed by atoms with Crippen LogP contribution in [0.15, 0.2) is 30.3 Å². The van der Waals surface area contributed by atoms with Crippen LogP contribution in [0.2, 0.25) is 0 Å². The second kappa shape index (κ2) is 9.52. The smallest absolute Gasteiger partial charge is 0.222 e. The van der Waals surface area contributed by atoms with Gasteiger partial charge in [-0.15, -0.1) is 0 Å². The van der Waals surface area contributed by atoms with Crippen molar-refractivity contribution >= 4 is 5.91 Å². The van der Waals surface area contributed by atoms with Gasteiger partial charge in [0.25, 0.3) is 0 Å². The van der Waals surface area contributed by atoms with Crippen molar-refractivity contribution in [3.63, 3.8) is 0 Å². The molecular formula is C22H35N3O. The Morgan fingerprint density at radius 3 is 2.69 bits per heavy atom. The van der Waals surface area contributed by atoms with Gasteiger partial charge in [-0.2, -0.15) is 0 Å². The third-order valence-corrected chi connectivity index (χ3v) is 6.36. The van der Waals surface area contributed by atoms with E-state index in [9.17, 15) is 4.79 Å². The summed E-state index contributed by atoms with van der Waals surface area (Å²) in [5.74, 6) is 1.54. The molecule has 2 heterocycles. The second-order valence-electron chi connectivity index (χ2n) is 8.29. The van der Waals surface area contributed by atoms with Gasteiger partial charge < -0.3 is 10.2 Å². The lowest BCUT2D eigenvalue weighted by Gasteiger charge is -2.38. The lowest BCUT2D eigenvalue weighted by atomic mass is 9.84. The van der Waals surface area contributed by atoms with E-state index >= 15 is 0 Å². The number of likely N-dealkylation sites (tertiary alicyclic amines) is 1. The Bertz CT molecular complexity index is 556. The van der Waals surface area contributed by atoms with Crippen LogP contribution in [0, 0.1) is 11.8 Å². The molecule has 4 heteroatoms. The number of benzene rings is 1. The van der Waals surface area contributed by atoms with Crippen molar-refractivity contribution in [1.29, 1.82) is 0 Å². The molecule has 2 saturated heterocycles. The maximum Gasteiger partial charge on any atom is 0.222 e. The highest BCUT2D eigenvalue weighted by molar-refractivity contribution is 5.76. The van der Waals surface area contributed by atoms with Crippen LogP contribution < -0.4 is 5.32 Å².